The van der Waals surface area contributed by atoms with Crippen LogP contribution in [0.25, 0.3) is 10.8 Å². The Bertz CT molecular complexity index is 1240. The summed E-state index contributed by atoms with van der Waals surface area (Å²) in [6.07, 6.45) is 0. The quantitative estimate of drug-likeness (QED) is 0.0928. The van der Waals surface area contributed by atoms with Gasteiger partial charge in [-0.3, -0.25) is 5.04 Å². The van der Waals surface area contributed by atoms with Crippen molar-refractivity contribution in [3.05, 3.63) is 48.0 Å². The van der Waals surface area contributed by atoms with Crippen molar-refractivity contribution >= 4 is 44.3 Å². The first-order valence-electron chi connectivity index (χ1n) is 8.19. The third-order valence-corrected chi connectivity index (χ3v) is 5.65. The molecule has 0 fully saturated rings. The largest absolute Gasteiger partial charge is 1.00 e. The monoisotopic (exact) mass is 496 g/mol. The second kappa shape index (κ2) is 12.6. The van der Waals surface area contributed by atoms with Crippen molar-refractivity contribution in [3.8, 4) is 11.5 Å². The predicted molar refractivity (Wildman–Crippen MR) is 104 cm³/mol. The number of nitrogens with zero attached hydrogens (tertiary/aromatic N) is 2. The van der Waals surface area contributed by atoms with Gasteiger partial charge in [0.25, 0.3) is 0 Å². The smallest absolute Gasteiger partial charge is 0.744 e. The summed E-state index contributed by atoms with van der Waals surface area (Å²) >= 11 is 0.723. The maximum atomic E-state index is 11.4. The molecule has 0 bridgehead atoms. The van der Waals surface area contributed by atoms with Gasteiger partial charge in [0.2, 0.25) is 0 Å². The summed E-state index contributed by atoms with van der Waals surface area (Å²) in [5.74, 6) is -0.104. The summed E-state index contributed by atoms with van der Waals surface area (Å²) in [7, 11) is -3.38. The molecule has 1 N–H and O–H groups in total. The van der Waals surface area contributed by atoms with E-state index in [0.717, 1.165) is 18.1 Å². The summed E-state index contributed by atoms with van der Waals surface area (Å²) < 4.78 is 43.5. The Morgan fingerprint density at radius 1 is 1.06 bits per heavy atom. The molecule has 0 saturated carbocycles. The van der Waals surface area contributed by atoms with Gasteiger partial charge in [0.15, 0.2) is 0 Å². The van der Waals surface area contributed by atoms with Gasteiger partial charge in [-0.15, -0.1) is 10.2 Å². The summed E-state index contributed by atoms with van der Waals surface area (Å²) in [5, 5.41) is 32.9. The van der Waals surface area contributed by atoms with Gasteiger partial charge in [0, 0.05) is 16.3 Å². The Hall–Kier alpha value is -0.740. The molecule has 0 heterocycles. The first-order chi connectivity index (χ1) is 14.2. The Balaban J connectivity index is 0.00000256. The van der Waals surface area contributed by atoms with Crippen molar-refractivity contribution in [2.45, 2.75) is 16.7 Å². The number of phenolic OH excluding ortho intramolecular Hbond substituents is 1. The molecule has 3 aromatic carbocycles. The van der Waals surface area contributed by atoms with E-state index in [1.807, 2.05) is 0 Å². The zero-order valence-corrected chi connectivity index (χ0v) is 23.2. The second-order valence-electron chi connectivity index (χ2n) is 5.98. The van der Waals surface area contributed by atoms with Crippen LogP contribution in [0.5, 0.6) is 11.5 Å². The van der Waals surface area contributed by atoms with Crippen LogP contribution in [0, 0.1) is 6.92 Å². The molecule has 3 rings (SSSR count). The van der Waals surface area contributed by atoms with Crippen LogP contribution in [0.2, 0.25) is 0 Å². The maximum absolute atomic E-state index is 11.4. The van der Waals surface area contributed by atoms with Crippen LogP contribution in [0.15, 0.2) is 62.5 Å². The van der Waals surface area contributed by atoms with E-state index in [9.17, 15) is 23.3 Å². The Morgan fingerprint density at radius 2 is 1.78 bits per heavy atom. The van der Waals surface area contributed by atoms with E-state index in [2.05, 4.69) is 19.6 Å². The van der Waals surface area contributed by atoms with Gasteiger partial charge in [0.05, 0.1) is 24.0 Å². The number of azo groups is 1. The van der Waals surface area contributed by atoms with Crippen molar-refractivity contribution in [1.82, 2.24) is 0 Å². The minimum Gasteiger partial charge on any atom is -0.744 e. The zero-order chi connectivity index (χ0) is 21.9. The Kier molecular flexibility index (Phi) is 11.6. The Labute approximate surface area is 232 Å². The van der Waals surface area contributed by atoms with Crippen LogP contribution in [-0.4, -0.2) is 25.2 Å². The zero-order valence-electron chi connectivity index (χ0n) is 17.6. The summed E-state index contributed by atoms with van der Waals surface area (Å²) in [6.45, 7) is 1.45. The molecule has 0 aliphatic heterocycles. The number of ether oxygens (including phenoxy) is 1. The van der Waals surface area contributed by atoms with Gasteiger partial charge < -0.3 is 19.7 Å². The number of benzene rings is 3. The Morgan fingerprint density at radius 3 is 2.41 bits per heavy atom. The van der Waals surface area contributed by atoms with Crippen LogP contribution in [0.3, 0.4) is 0 Å². The summed E-state index contributed by atoms with van der Waals surface area (Å²) in [6, 6.07) is 10.5. The number of hydrogen-bond acceptors (Lipinski definition) is 11. The van der Waals surface area contributed by atoms with Gasteiger partial charge >= 0.3 is 59.1 Å². The number of phenols is 1. The van der Waals surface area contributed by atoms with Crippen LogP contribution in [0.4, 0.5) is 11.4 Å². The standard InChI is InChI=1S/C18H16N2O8S2.2Na/c1-10-7-14(16(26-2)9-17(10)30(23,24)25)19-20-18-13-5-4-12(29-28-27-22)8-11(13)3-6-15(18)21;;/h3-9,21-22H,1-2H3,(H,23,24,25);;/q;2*+1/p-2. The minimum absolute atomic E-state index is 0. The topological polar surface area (TPSA) is 153 Å². The van der Waals surface area contributed by atoms with Gasteiger partial charge in [-0.1, -0.05) is 12.1 Å². The first kappa shape index (κ1) is 29.3. The molecule has 0 atom stereocenters. The maximum Gasteiger partial charge on any atom is 1.00 e. The number of hydrogen-bond donors (Lipinski definition) is 1. The van der Waals surface area contributed by atoms with Crippen LogP contribution >= 0.6 is 12.0 Å². The van der Waals surface area contributed by atoms with Crippen LogP contribution in [0.1, 0.15) is 5.56 Å². The number of aryl methyl sites for hydroxylation is 1. The molecule has 0 aliphatic rings. The van der Waals surface area contributed by atoms with E-state index in [-0.39, 0.29) is 87.6 Å². The van der Waals surface area contributed by atoms with E-state index >= 15 is 0 Å². The fourth-order valence-corrected chi connectivity index (χ4v) is 3.87. The van der Waals surface area contributed by atoms with Crippen LogP contribution < -0.4 is 69.1 Å². The van der Waals surface area contributed by atoms with Crippen molar-refractivity contribution in [2.75, 3.05) is 7.11 Å². The number of fused-ring (bicyclic) bond motifs is 1. The van der Waals surface area contributed by atoms with Crippen molar-refractivity contribution in [3.63, 3.8) is 0 Å². The predicted octanol–water partition coefficient (Wildman–Crippen LogP) is -2.58. The van der Waals surface area contributed by atoms with E-state index in [1.54, 1.807) is 24.3 Å². The van der Waals surface area contributed by atoms with Crippen molar-refractivity contribution < 1.29 is 96.6 Å². The number of aromatic hydroxyl groups is 1. The molecule has 0 radical (unpaired) electrons. The van der Waals surface area contributed by atoms with Gasteiger partial charge in [0.1, 0.15) is 33.0 Å². The fourth-order valence-electron chi connectivity index (χ4n) is 2.76. The fraction of sp³-hybridized carbons (Fsp3) is 0.111. The molecular formula is C18H14N2Na2O8S2. The first-order valence-corrected chi connectivity index (χ1v) is 10.3. The average Bonchev–Trinajstić information content (AvgIpc) is 2.70. The third kappa shape index (κ3) is 6.88. The van der Waals surface area contributed by atoms with Crippen LogP contribution in [-0.2, 0) is 19.5 Å². The van der Waals surface area contributed by atoms with Crippen molar-refractivity contribution in [1.29, 1.82) is 0 Å². The van der Waals surface area contributed by atoms with E-state index in [1.165, 1.54) is 26.2 Å². The second-order valence-corrected chi connectivity index (χ2v) is 8.10. The minimum atomic E-state index is -4.68. The summed E-state index contributed by atoms with van der Waals surface area (Å²) in [4.78, 5) is 0.166. The van der Waals surface area contributed by atoms with Gasteiger partial charge in [-0.2, -0.15) is 4.33 Å². The number of methoxy groups -OCH3 is 1. The van der Waals surface area contributed by atoms with E-state index in [0.29, 0.717) is 15.7 Å². The molecule has 0 aliphatic carbocycles. The molecule has 3 aromatic rings. The van der Waals surface area contributed by atoms with Gasteiger partial charge in [-0.05, 0) is 42.1 Å². The third-order valence-electron chi connectivity index (χ3n) is 4.10. The molecule has 14 heteroatoms. The SMILES string of the molecule is COc1cc(S(=O)(=O)[O-])c(C)cc1N=Nc1c(O)ccc2cc(SOO[O-])ccc12.[Na+].[Na+]. The normalized spacial score (nSPS) is 11.2. The average molecular weight is 496 g/mol. The van der Waals surface area contributed by atoms with E-state index in [4.69, 9.17) is 4.74 Å². The van der Waals surface area contributed by atoms with Crippen molar-refractivity contribution in [2.24, 2.45) is 10.2 Å². The molecule has 158 valence electrons. The molecule has 0 spiro atoms. The molecule has 32 heavy (non-hydrogen) atoms. The number of rotatable bonds is 7. The van der Waals surface area contributed by atoms with Gasteiger partial charge in [-0.25, -0.2) is 8.42 Å². The molecule has 0 saturated heterocycles. The summed E-state index contributed by atoms with van der Waals surface area (Å²) in [5.41, 5.74) is 0.515. The molecule has 0 aromatic heterocycles. The molecule has 0 unspecified atom stereocenters. The molecular weight excluding hydrogens is 482 g/mol. The van der Waals surface area contributed by atoms with E-state index < -0.39 is 15.0 Å². The molecule has 0 amide bonds. The molecule has 10 nitrogen and oxygen atoms in total.